The van der Waals surface area contributed by atoms with Crippen LogP contribution in [0.1, 0.15) is 12.5 Å². The summed E-state index contributed by atoms with van der Waals surface area (Å²) in [5.41, 5.74) is -1.61. The predicted molar refractivity (Wildman–Crippen MR) is 64.7 cm³/mol. The fraction of sp³-hybridized carbons (Fsp3) is 0.308. The van der Waals surface area contributed by atoms with E-state index >= 15 is 0 Å². The summed E-state index contributed by atoms with van der Waals surface area (Å²) in [7, 11) is 0. The molecule has 1 aromatic carbocycles. The molecule has 2 unspecified atom stereocenters. The van der Waals surface area contributed by atoms with E-state index in [0.717, 1.165) is 0 Å². The van der Waals surface area contributed by atoms with E-state index in [1.165, 1.54) is 6.07 Å². The van der Waals surface area contributed by atoms with Crippen LogP contribution in [0.25, 0.3) is 0 Å². The predicted octanol–water partition coefficient (Wildman–Crippen LogP) is 0.529. The molecule has 1 aliphatic heterocycles. The van der Waals surface area contributed by atoms with Crippen molar-refractivity contribution in [3.8, 4) is 6.07 Å². The zero-order chi connectivity index (χ0) is 14.0. The van der Waals surface area contributed by atoms with Gasteiger partial charge < -0.3 is 15.2 Å². The molecule has 1 amide bonds. The van der Waals surface area contributed by atoms with E-state index in [9.17, 15) is 14.7 Å². The molecular weight excluding hydrogens is 248 g/mol. The van der Waals surface area contributed by atoms with E-state index < -0.39 is 23.4 Å². The fourth-order valence-electron chi connectivity index (χ4n) is 2.09. The maximum atomic E-state index is 11.9. The van der Waals surface area contributed by atoms with Gasteiger partial charge in [0.25, 0.3) is 5.91 Å². The van der Waals surface area contributed by atoms with Crippen LogP contribution in [0.3, 0.4) is 0 Å². The summed E-state index contributed by atoms with van der Waals surface area (Å²) in [5.74, 6) is -3.32. The van der Waals surface area contributed by atoms with Crippen molar-refractivity contribution in [1.82, 2.24) is 0 Å². The molecule has 0 aliphatic carbocycles. The molecule has 1 aliphatic rings. The lowest BCUT2D eigenvalue weighted by molar-refractivity contribution is -0.160. The number of anilines is 1. The summed E-state index contributed by atoms with van der Waals surface area (Å²) in [6.45, 7) is 1.65. The molecule has 0 aromatic heterocycles. The van der Waals surface area contributed by atoms with E-state index in [4.69, 9.17) is 10.00 Å². The van der Waals surface area contributed by atoms with Crippen LogP contribution in [0.2, 0.25) is 0 Å². The van der Waals surface area contributed by atoms with E-state index in [-0.39, 0.29) is 12.2 Å². The first-order valence-corrected chi connectivity index (χ1v) is 5.75. The molecule has 2 N–H and O–H groups in total. The zero-order valence-corrected chi connectivity index (χ0v) is 10.2. The summed E-state index contributed by atoms with van der Waals surface area (Å²) in [6.07, 6.45) is 0. The normalized spacial score (nSPS) is 22.1. The van der Waals surface area contributed by atoms with Crippen LogP contribution in [0.15, 0.2) is 24.3 Å². The van der Waals surface area contributed by atoms with Crippen molar-refractivity contribution in [2.45, 2.75) is 12.5 Å². The number of nitrogens with one attached hydrogen (secondary N) is 1. The fourth-order valence-corrected chi connectivity index (χ4v) is 2.09. The average Bonchev–Trinajstić information content (AvgIpc) is 2.64. The number of para-hydroxylation sites is 1. The number of esters is 1. The minimum absolute atomic E-state index is 0.0658. The van der Waals surface area contributed by atoms with Gasteiger partial charge in [-0.15, -0.1) is 0 Å². The topological polar surface area (TPSA) is 99.4 Å². The van der Waals surface area contributed by atoms with Gasteiger partial charge in [0.15, 0.2) is 11.5 Å². The van der Waals surface area contributed by atoms with Gasteiger partial charge in [0.2, 0.25) is 0 Å². The van der Waals surface area contributed by atoms with Gasteiger partial charge in [-0.3, -0.25) is 9.59 Å². The van der Waals surface area contributed by atoms with Gasteiger partial charge in [0.1, 0.15) is 0 Å². The van der Waals surface area contributed by atoms with Gasteiger partial charge in [-0.25, -0.2) is 0 Å². The molecule has 19 heavy (non-hydrogen) atoms. The van der Waals surface area contributed by atoms with Crippen molar-refractivity contribution >= 4 is 17.6 Å². The summed E-state index contributed by atoms with van der Waals surface area (Å²) >= 11 is 0. The number of fused-ring (bicyclic) bond motifs is 1. The number of ether oxygens (including phenoxy) is 1. The number of hydrogen-bond acceptors (Lipinski definition) is 5. The molecule has 6 nitrogen and oxygen atoms in total. The average molecular weight is 260 g/mol. The first-order valence-electron chi connectivity index (χ1n) is 5.75. The Morgan fingerprint density at radius 1 is 1.58 bits per heavy atom. The van der Waals surface area contributed by atoms with Crippen LogP contribution >= 0.6 is 0 Å². The van der Waals surface area contributed by atoms with Crippen LogP contribution in [0.4, 0.5) is 5.69 Å². The molecule has 6 heteroatoms. The van der Waals surface area contributed by atoms with Crippen molar-refractivity contribution in [3.05, 3.63) is 29.8 Å². The number of carbonyl (C=O) groups excluding carboxylic acids is 2. The zero-order valence-electron chi connectivity index (χ0n) is 10.2. The highest BCUT2D eigenvalue weighted by Crippen LogP contribution is 2.41. The number of rotatable bonds is 3. The number of benzene rings is 1. The maximum Gasteiger partial charge on any atom is 0.327 e. The third kappa shape index (κ3) is 1.84. The molecule has 0 bridgehead atoms. The standard InChI is InChI=1S/C13H12N2O4/c1-2-19-11(16)9(7-14)13(18)8-5-3-4-6-10(8)15-12(13)17/h3-6,9,18H,2H2,1H3,(H,15,17). The van der Waals surface area contributed by atoms with E-state index in [1.807, 2.05) is 0 Å². The summed E-state index contributed by atoms with van der Waals surface area (Å²) < 4.78 is 4.73. The van der Waals surface area contributed by atoms with Crippen LogP contribution in [0, 0.1) is 17.2 Å². The smallest absolute Gasteiger partial charge is 0.327 e. The van der Waals surface area contributed by atoms with Crippen molar-refractivity contribution < 1.29 is 19.4 Å². The van der Waals surface area contributed by atoms with Gasteiger partial charge >= 0.3 is 5.97 Å². The highest BCUT2D eigenvalue weighted by atomic mass is 16.5. The third-order valence-corrected chi connectivity index (χ3v) is 3.00. The summed E-state index contributed by atoms with van der Waals surface area (Å²) in [5, 5.41) is 22.1. The first-order chi connectivity index (χ1) is 9.05. The third-order valence-electron chi connectivity index (χ3n) is 3.00. The Balaban J connectivity index is 2.50. The van der Waals surface area contributed by atoms with Crippen LogP contribution in [0.5, 0.6) is 0 Å². The molecule has 2 rings (SSSR count). The van der Waals surface area contributed by atoms with E-state index in [2.05, 4.69) is 5.32 Å². The lowest BCUT2D eigenvalue weighted by Crippen LogP contribution is -2.45. The van der Waals surface area contributed by atoms with Gasteiger partial charge in [0.05, 0.1) is 12.7 Å². The Morgan fingerprint density at radius 2 is 2.26 bits per heavy atom. The minimum atomic E-state index is -2.21. The molecule has 0 saturated carbocycles. The maximum absolute atomic E-state index is 11.9. The number of amides is 1. The van der Waals surface area contributed by atoms with Crippen LogP contribution in [-0.4, -0.2) is 23.6 Å². The van der Waals surface area contributed by atoms with E-state index in [1.54, 1.807) is 31.2 Å². The second-order valence-electron chi connectivity index (χ2n) is 4.08. The lowest BCUT2D eigenvalue weighted by atomic mass is 9.83. The SMILES string of the molecule is CCOC(=O)C(C#N)C1(O)C(=O)Nc2ccccc21. The Labute approximate surface area is 109 Å². The largest absolute Gasteiger partial charge is 0.465 e. The summed E-state index contributed by atoms with van der Waals surface area (Å²) in [4.78, 5) is 23.7. The molecule has 1 heterocycles. The number of carbonyl (C=O) groups is 2. The van der Waals surface area contributed by atoms with Crippen LogP contribution < -0.4 is 5.32 Å². The molecule has 2 atom stereocenters. The second-order valence-corrected chi connectivity index (χ2v) is 4.08. The molecule has 98 valence electrons. The molecule has 0 fully saturated rings. The van der Waals surface area contributed by atoms with Crippen molar-refractivity contribution in [3.63, 3.8) is 0 Å². The first kappa shape index (κ1) is 13.1. The van der Waals surface area contributed by atoms with Crippen LogP contribution in [-0.2, 0) is 19.9 Å². The number of aliphatic hydroxyl groups is 1. The second kappa shape index (κ2) is 4.71. The monoisotopic (exact) mass is 260 g/mol. The van der Waals surface area contributed by atoms with Gasteiger partial charge in [-0.05, 0) is 13.0 Å². The lowest BCUT2D eigenvalue weighted by Gasteiger charge is -2.24. The highest BCUT2D eigenvalue weighted by Gasteiger charge is 2.55. The van der Waals surface area contributed by atoms with Crippen molar-refractivity contribution in [2.24, 2.45) is 5.92 Å². The Hall–Kier alpha value is -2.39. The van der Waals surface area contributed by atoms with Gasteiger partial charge in [-0.2, -0.15) is 5.26 Å². The van der Waals surface area contributed by atoms with Crippen molar-refractivity contribution in [2.75, 3.05) is 11.9 Å². The minimum Gasteiger partial charge on any atom is -0.465 e. The Morgan fingerprint density at radius 3 is 2.89 bits per heavy atom. The molecule has 1 aromatic rings. The highest BCUT2D eigenvalue weighted by molar-refractivity contribution is 6.07. The summed E-state index contributed by atoms with van der Waals surface area (Å²) in [6, 6.07) is 8.03. The molecule has 0 saturated heterocycles. The number of hydrogen-bond donors (Lipinski definition) is 2. The molecular formula is C13H12N2O4. The molecule has 0 radical (unpaired) electrons. The Bertz CT molecular complexity index is 578. The quantitative estimate of drug-likeness (QED) is 0.772. The molecule has 0 spiro atoms. The van der Waals surface area contributed by atoms with Gasteiger partial charge in [-0.1, -0.05) is 18.2 Å². The van der Waals surface area contributed by atoms with E-state index in [0.29, 0.717) is 5.69 Å². The Kier molecular flexibility index (Phi) is 3.23. The van der Waals surface area contributed by atoms with Gasteiger partial charge in [0, 0.05) is 11.3 Å². The number of nitriles is 1. The van der Waals surface area contributed by atoms with Crippen molar-refractivity contribution in [1.29, 1.82) is 5.26 Å². The number of nitrogens with zero attached hydrogens (tertiary/aromatic N) is 1.